The van der Waals surface area contributed by atoms with Crippen LogP contribution in [-0.2, 0) is 22.7 Å². The summed E-state index contributed by atoms with van der Waals surface area (Å²) in [6.45, 7) is 4.72. The maximum atomic E-state index is 12.6. The SMILES string of the molecule is C=CC(=O)NCc1ccc2[nH]c3c(c2c1)C1CN(C3)C(=O)N(C)C1=O. The summed E-state index contributed by atoms with van der Waals surface area (Å²) in [5.41, 5.74) is 3.75. The van der Waals surface area contributed by atoms with Gasteiger partial charge in [-0.3, -0.25) is 14.5 Å². The highest BCUT2D eigenvalue weighted by Gasteiger charge is 2.43. The molecular weight excluding hydrogens is 320 g/mol. The molecule has 0 aliphatic carbocycles. The fraction of sp³-hybridized carbons (Fsp3) is 0.278. The molecule has 1 atom stereocenters. The fourth-order valence-corrected chi connectivity index (χ4v) is 3.66. The summed E-state index contributed by atoms with van der Waals surface area (Å²) < 4.78 is 0. The van der Waals surface area contributed by atoms with Crippen LogP contribution in [-0.4, -0.2) is 46.2 Å². The van der Waals surface area contributed by atoms with Gasteiger partial charge >= 0.3 is 6.03 Å². The molecule has 4 amide bonds. The topological polar surface area (TPSA) is 85.5 Å². The van der Waals surface area contributed by atoms with Crippen LogP contribution in [0.15, 0.2) is 30.9 Å². The highest BCUT2D eigenvalue weighted by atomic mass is 16.2. The lowest BCUT2D eigenvalue weighted by Gasteiger charge is -2.40. The van der Waals surface area contributed by atoms with Crippen LogP contribution < -0.4 is 5.32 Å². The van der Waals surface area contributed by atoms with E-state index in [4.69, 9.17) is 0 Å². The Hall–Kier alpha value is -3.09. The average Bonchev–Trinajstić information content (AvgIpc) is 3.00. The number of hydrogen-bond acceptors (Lipinski definition) is 3. The van der Waals surface area contributed by atoms with Crippen LogP contribution in [0, 0.1) is 0 Å². The molecule has 1 aromatic carbocycles. The Morgan fingerprint density at radius 3 is 3.00 bits per heavy atom. The summed E-state index contributed by atoms with van der Waals surface area (Å²) in [6, 6.07) is 5.61. The Kier molecular flexibility index (Phi) is 3.38. The van der Waals surface area contributed by atoms with Crippen molar-refractivity contribution in [1.82, 2.24) is 20.1 Å². The predicted octanol–water partition coefficient (Wildman–Crippen LogP) is 1.46. The van der Waals surface area contributed by atoms with Gasteiger partial charge < -0.3 is 15.2 Å². The van der Waals surface area contributed by atoms with Gasteiger partial charge in [0, 0.05) is 36.7 Å². The van der Waals surface area contributed by atoms with Crippen molar-refractivity contribution in [3.63, 3.8) is 0 Å². The Labute approximate surface area is 144 Å². The van der Waals surface area contributed by atoms with Crippen LogP contribution in [0.2, 0.25) is 0 Å². The van der Waals surface area contributed by atoms with Crippen molar-refractivity contribution in [3.05, 3.63) is 47.7 Å². The van der Waals surface area contributed by atoms with Gasteiger partial charge in [0.25, 0.3) is 0 Å². The maximum Gasteiger partial charge on any atom is 0.326 e. The van der Waals surface area contributed by atoms with E-state index in [0.717, 1.165) is 27.7 Å². The van der Waals surface area contributed by atoms with Gasteiger partial charge in [-0.05, 0) is 29.3 Å². The normalized spacial score (nSPS) is 19.2. The van der Waals surface area contributed by atoms with Crippen molar-refractivity contribution in [2.24, 2.45) is 0 Å². The van der Waals surface area contributed by atoms with Crippen molar-refractivity contribution in [1.29, 1.82) is 0 Å². The van der Waals surface area contributed by atoms with Gasteiger partial charge in [-0.25, -0.2) is 4.79 Å². The molecule has 7 nitrogen and oxygen atoms in total. The number of nitrogens with one attached hydrogen (secondary N) is 2. The molecule has 2 aromatic rings. The number of imide groups is 1. The second kappa shape index (κ2) is 5.47. The molecule has 1 saturated heterocycles. The Balaban J connectivity index is 1.76. The average molecular weight is 338 g/mol. The number of H-pyrrole nitrogens is 1. The third kappa shape index (κ3) is 2.31. The van der Waals surface area contributed by atoms with Crippen molar-refractivity contribution in [2.45, 2.75) is 19.0 Å². The number of benzene rings is 1. The molecule has 1 aromatic heterocycles. The molecule has 2 aliphatic heterocycles. The monoisotopic (exact) mass is 338 g/mol. The first-order valence-electron chi connectivity index (χ1n) is 8.09. The first kappa shape index (κ1) is 15.4. The number of urea groups is 1. The Bertz CT molecular complexity index is 930. The van der Waals surface area contributed by atoms with Gasteiger partial charge in [-0.15, -0.1) is 0 Å². The number of rotatable bonds is 3. The molecule has 3 heterocycles. The van der Waals surface area contributed by atoms with Crippen LogP contribution in [0.25, 0.3) is 10.9 Å². The van der Waals surface area contributed by atoms with E-state index in [2.05, 4.69) is 16.9 Å². The predicted molar refractivity (Wildman–Crippen MR) is 91.7 cm³/mol. The van der Waals surface area contributed by atoms with Crippen LogP contribution in [0.3, 0.4) is 0 Å². The molecule has 0 saturated carbocycles. The molecule has 7 heteroatoms. The number of fused-ring (bicyclic) bond motifs is 6. The number of carbonyl (C=O) groups excluding carboxylic acids is 3. The van der Waals surface area contributed by atoms with Gasteiger partial charge in [0.05, 0.1) is 12.5 Å². The summed E-state index contributed by atoms with van der Waals surface area (Å²) in [7, 11) is 1.53. The first-order valence-corrected chi connectivity index (χ1v) is 8.09. The zero-order valence-electron chi connectivity index (χ0n) is 13.8. The van der Waals surface area contributed by atoms with Gasteiger partial charge in [0.15, 0.2) is 0 Å². The number of hydrogen-bond donors (Lipinski definition) is 2. The zero-order chi connectivity index (χ0) is 17.7. The second-order valence-electron chi connectivity index (χ2n) is 6.43. The van der Waals surface area contributed by atoms with Gasteiger partial charge in [-0.1, -0.05) is 12.6 Å². The van der Waals surface area contributed by atoms with Gasteiger partial charge in [-0.2, -0.15) is 0 Å². The second-order valence-corrected chi connectivity index (χ2v) is 6.43. The number of aromatic amines is 1. The molecule has 2 bridgehead atoms. The Morgan fingerprint density at radius 2 is 2.24 bits per heavy atom. The molecule has 25 heavy (non-hydrogen) atoms. The number of amides is 4. The van der Waals surface area contributed by atoms with Crippen LogP contribution in [0.1, 0.15) is 22.7 Å². The highest BCUT2D eigenvalue weighted by Crippen LogP contribution is 2.38. The van der Waals surface area contributed by atoms with Gasteiger partial charge in [0.1, 0.15) is 0 Å². The molecule has 2 aliphatic rings. The fourth-order valence-electron chi connectivity index (χ4n) is 3.66. The molecular formula is C18H18N4O3. The lowest BCUT2D eigenvalue weighted by molar-refractivity contribution is -0.132. The number of carbonyl (C=O) groups is 3. The summed E-state index contributed by atoms with van der Waals surface area (Å²) >= 11 is 0. The maximum absolute atomic E-state index is 12.6. The molecule has 1 unspecified atom stereocenters. The van der Waals surface area contributed by atoms with Crippen LogP contribution in [0.4, 0.5) is 4.79 Å². The van der Waals surface area contributed by atoms with Crippen molar-refractivity contribution in [2.75, 3.05) is 13.6 Å². The first-order chi connectivity index (χ1) is 12.0. The standard InChI is InChI=1S/C18H18N4O3/c1-3-15(23)19-7-10-4-5-13-11(6-10)16-12-8-22(9-14(16)20-13)18(25)21(2)17(12)24/h3-6,12,20H,1,7-9H2,2H3,(H,19,23). The quantitative estimate of drug-likeness (QED) is 0.831. The molecule has 4 rings (SSSR count). The largest absolute Gasteiger partial charge is 0.357 e. The van der Waals surface area contributed by atoms with Crippen LogP contribution in [0.5, 0.6) is 0 Å². The van der Waals surface area contributed by atoms with E-state index < -0.39 is 0 Å². The number of nitrogens with zero attached hydrogens (tertiary/aromatic N) is 2. The van der Waals surface area contributed by atoms with E-state index >= 15 is 0 Å². The lowest BCUT2D eigenvalue weighted by atomic mass is 9.89. The van der Waals surface area contributed by atoms with E-state index in [1.165, 1.54) is 18.0 Å². The van der Waals surface area contributed by atoms with Crippen molar-refractivity contribution < 1.29 is 14.4 Å². The summed E-state index contributed by atoms with van der Waals surface area (Å²) in [5.74, 6) is -0.749. The Morgan fingerprint density at radius 1 is 1.44 bits per heavy atom. The highest BCUT2D eigenvalue weighted by molar-refractivity contribution is 6.03. The molecule has 2 N–H and O–H groups in total. The molecule has 0 radical (unpaired) electrons. The molecule has 0 spiro atoms. The zero-order valence-corrected chi connectivity index (χ0v) is 13.8. The van der Waals surface area contributed by atoms with Crippen LogP contribution >= 0.6 is 0 Å². The molecule has 1 fully saturated rings. The van der Waals surface area contributed by atoms with Gasteiger partial charge in [0.2, 0.25) is 11.8 Å². The van der Waals surface area contributed by atoms with E-state index in [-0.39, 0.29) is 23.8 Å². The third-order valence-electron chi connectivity index (χ3n) is 4.92. The van der Waals surface area contributed by atoms with E-state index in [0.29, 0.717) is 19.6 Å². The van der Waals surface area contributed by atoms with E-state index in [1.807, 2.05) is 18.2 Å². The summed E-state index contributed by atoms with van der Waals surface area (Å²) in [4.78, 5) is 42.3. The summed E-state index contributed by atoms with van der Waals surface area (Å²) in [5, 5.41) is 3.73. The number of aromatic nitrogens is 1. The third-order valence-corrected chi connectivity index (χ3v) is 4.92. The minimum absolute atomic E-state index is 0.173. The number of likely N-dealkylation sites (N-methyl/N-ethyl adjacent to an activating group) is 1. The molecule has 128 valence electrons. The van der Waals surface area contributed by atoms with E-state index in [1.54, 1.807) is 4.90 Å². The van der Waals surface area contributed by atoms with Crippen molar-refractivity contribution >= 4 is 28.7 Å². The minimum Gasteiger partial charge on any atom is -0.357 e. The smallest absolute Gasteiger partial charge is 0.326 e. The lowest BCUT2D eigenvalue weighted by Crippen LogP contribution is -2.55. The summed E-state index contributed by atoms with van der Waals surface area (Å²) in [6.07, 6.45) is 1.23. The minimum atomic E-state index is -0.349. The van der Waals surface area contributed by atoms with E-state index in [9.17, 15) is 14.4 Å². The van der Waals surface area contributed by atoms with Crippen molar-refractivity contribution in [3.8, 4) is 0 Å².